The van der Waals surface area contributed by atoms with E-state index in [1.807, 2.05) is 30.3 Å². The zero-order valence-electron chi connectivity index (χ0n) is 11.6. The first-order valence-electron chi connectivity index (χ1n) is 6.77. The van der Waals surface area contributed by atoms with Crippen LogP contribution in [-0.2, 0) is 6.42 Å². The Morgan fingerprint density at radius 2 is 1.67 bits per heavy atom. The summed E-state index contributed by atoms with van der Waals surface area (Å²) in [6.07, 6.45) is 0.715. The van der Waals surface area contributed by atoms with Gasteiger partial charge in [-0.2, -0.15) is 0 Å². The van der Waals surface area contributed by atoms with Crippen LogP contribution in [0.5, 0.6) is 5.75 Å². The average molecular weight is 292 g/mol. The summed E-state index contributed by atoms with van der Waals surface area (Å²) in [4.78, 5) is 0. The number of rotatable bonds is 7. The minimum Gasteiger partial charge on any atom is -0.494 e. The number of nitrogens with two attached hydrogens (primary N) is 1. The fourth-order valence-electron chi connectivity index (χ4n) is 2.05. The standard InChI is InChI=1S/C16H18F2N2O/c17-15-7-4-8-16(18)14(15)11-12(20-19)9-10-21-13-5-2-1-3-6-13/h1-8,12,20H,9-11,19H2. The van der Waals surface area contributed by atoms with Crippen LogP contribution in [0.2, 0.25) is 0 Å². The summed E-state index contributed by atoms with van der Waals surface area (Å²) in [6, 6.07) is 12.9. The van der Waals surface area contributed by atoms with E-state index in [0.29, 0.717) is 13.0 Å². The SMILES string of the molecule is NNC(CCOc1ccccc1)Cc1c(F)cccc1F. The minimum atomic E-state index is -0.556. The Bertz CT molecular complexity index is 543. The third-order valence-corrected chi connectivity index (χ3v) is 3.23. The molecule has 0 aliphatic heterocycles. The molecule has 0 bridgehead atoms. The molecule has 0 aliphatic carbocycles. The second kappa shape index (κ2) is 7.71. The van der Waals surface area contributed by atoms with Gasteiger partial charge in [0.2, 0.25) is 0 Å². The zero-order chi connectivity index (χ0) is 15.1. The van der Waals surface area contributed by atoms with Crippen molar-refractivity contribution in [2.45, 2.75) is 18.9 Å². The molecule has 1 atom stereocenters. The van der Waals surface area contributed by atoms with Gasteiger partial charge in [-0.3, -0.25) is 11.3 Å². The molecule has 2 aromatic carbocycles. The number of hydrazine groups is 1. The maximum atomic E-state index is 13.6. The van der Waals surface area contributed by atoms with Gasteiger partial charge in [0.05, 0.1) is 6.61 Å². The van der Waals surface area contributed by atoms with Gasteiger partial charge in [0.25, 0.3) is 0 Å². The predicted molar refractivity (Wildman–Crippen MR) is 77.7 cm³/mol. The Morgan fingerprint density at radius 3 is 2.29 bits per heavy atom. The summed E-state index contributed by atoms with van der Waals surface area (Å²) in [5.74, 6) is 5.09. The van der Waals surface area contributed by atoms with Crippen LogP contribution in [0.25, 0.3) is 0 Å². The number of benzene rings is 2. The number of hydrogen-bond acceptors (Lipinski definition) is 3. The quantitative estimate of drug-likeness (QED) is 0.609. The second-order valence-corrected chi connectivity index (χ2v) is 4.72. The van der Waals surface area contributed by atoms with E-state index in [-0.39, 0.29) is 18.0 Å². The molecule has 0 aromatic heterocycles. The average Bonchev–Trinajstić information content (AvgIpc) is 2.50. The summed E-state index contributed by atoms with van der Waals surface area (Å²) in [5.41, 5.74) is 2.62. The number of para-hydroxylation sites is 1. The van der Waals surface area contributed by atoms with Gasteiger partial charge in [0.15, 0.2) is 0 Å². The van der Waals surface area contributed by atoms with E-state index in [9.17, 15) is 8.78 Å². The number of hydrogen-bond donors (Lipinski definition) is 2. The van der Waals surface area contributed by atoms with Gasteiger partial charge in [-0.15, -0.1) is 0 Å². The Balaban J connectivity index is 1.89. The van der Waals surface area contributed by atoms with Crippen LogP contribution in [0.15, 0.2) is 48.5 Å². The molecular weight excluding hydrogens is 274 g/mol. The number of nitrogens with one attached hydrogen (secondary N) is 1. The van der Waals surface area contributed by atoms with Crippen LogP contribution in [0.1, 0.15) is 12.0 Å². The summed E-state index contributed by atoms with van der Waals surface area (Å²) in [6.45, 7) is 0.412. The van der Waals surface area contributed by atoms with E-state index >= 15 is 0 Å². The highest BCUT2D eigenvalue weighted by atomic mass is 19.1. The summed E-state index contributed by atoms with van der Waals surface area (Å²) in [5, 5.41) is 0. The van der Waals surface area contributed by atoms with Gasteiger partial charge in [0.1, 0.15) is 17.4 Å². The van der Waals surface area contributed by atoms with Crippen molar-refractivity contribution in [1.29, 1.82) is 0 Å². The number of ether oxygens (including phenoxy) is 1. The molecule has 0 spiro atoms. The van der Waals surface area contributed by atoms with Crippen molar-refractivity contribution in [3.8, 4) is 5.75 Å². The Hall–Kier alpha value is -1.98. The smallest absolute Gasteiger partial charge is 0.129 e. The maximum Gasteiger partial charge on any atom is 0.129 e. The van der Waals surface area contributed by atoms with Crippen LogP contribution < -0.4 is 16.0 Å². The highest BCUT2D eigenvalue weighted by molar-refractivity contribution is 5.21. The van der Waals surface area contributed by atoms with Gasteiger partial charge in [-0.05, 0) is 37.1 Å². The van der Waals surface area contributed by atoms with Gasteiger partial charge in [-0.25, -0.2) is 8.78 Å². The topological polar surface area (TPSA) is 47.3 Å². The molecule has 0 aliphatic rings. The molecule has 0 radical (unpaired) electrons. The molecule has 112 valence electrons. The van der Waals surface area contributed by atoms with Gasteiger partial charge >= 0.3 is 0 Å². The molecule has 3 N–H and O–H groups in total. The first-order valence-corrected chi connectivity index (χ1v) is 6.77. The fourth-order valence-corrected chi connectivity index (χ4v) is 2.05. The van der Waals surface area contributed by atoms with Gasteiger partial charge < -0.3 is 4.74 Å². The number of halogens is 2. The lowest BCUT2D eigenvalue weighted by Gasteiger charge is -2.17. The van der Waals surface area contributed by atoms with E-state index in [2.05, 4.69) is 5.43 Å². The van der Waals surface area contributed by atoms with E-state index in [1.165, 1.54) is 18.2 Å². The molecule has 3 nitrogen and oxygen atoms in total. The van der Waals surface area contributed by atoms with Crippen molar-refractivity contribution in [3.63, 3.8) is 0 Å². The molecular formula is C16H18F2N2O. The largest absolute Gasteiger partial charge is 0.494 e. The summed E-state index contributed by atoms with van der Waals surface area (Å²) < 4.78 is 32.7. The van der Waals surface area contributed by atoms with Crippen LogP contribution in [0.3, 0.4) is 0 Å². The predicted octanol–water partition coefficient (Wildman–Crippen LogP) is 2.81. The molecule has 21 heavy (non-hydrogen) atoms. The molecule has 2 aromatic rings. The monoisotopic (exact) mass is 292 g/mol. The lowest BCUT2D eigenvalue weighted by molar-refractivity contribution is 0.284. The summed E-state index contributed by atoms with van der Waals surface area (Å²) in [7, 11) is 0. The van der Waals surface area contributed by atoms with Crippen molar-refractivity contribution in [3.05, 3.63) is 65.7 Å². The minimum absolute atomic E-state index is 0.0418. The van der Waals surface area contributed by atoms with Gasteiger partial charge in [0, 0.05) is 11.6 Å². The fraction of sp³-hybridized carbons (Fsp3) is 0.250. The molecule has 0 saturated carbocycles. The molecule has 2 rings (SSSR count). The van der Waals surface area contributed by atoms with Crippen molar-refractivity contribution in [2.75, 3.05) is 6.61 Å². The normalized spacial score (nSPS) is 12.1. The molecule has 5 heteroatoms. The molecule has 0 amide bonds. The van der Waals surface area contributed by atoms with E-state index in [0.717, 1.165) is 5.75 Å². The van der Waals surface area contributed by atoms with Crippen LogP contribution in [0, 0.1) is 11.6 Å². The summed E-state index contributed by atoms with van der Waals surface area (Å²) >= 11 is 0. The first-order chi connectivity index (χ1) is 10.2. The van der Waals surface area contributed by atoms with Crippen molar-refractivity contribution < 1.29 is 13.5 Å². The molecule has 0 saturated heterocycles. The van der Waals surface area contributed by atoms with Crippen molar-refractivity contribution in [2.24, 2.45) is 5.84 Å². The molecule has 1 unspecified atom stereocenters. The van der Waals surface area contributed by atoms with Crippen LogP contribution >= 0.6 is 0 Å². The van der Waals surface area contributed by atoms with Crippen LogP contribution in [0.4, 0.5) is 8.78 Å². The van der Waals surface area contributed by atoms with Crippen LogP contribution in [-0.4, -0.2) is 12.6 Å². The van der Waals surface area contributed by atoms with E-state index in [1.54, 1.807) is 0 Å². The molecule has 0 heterocycles. The highest BCUT2D eigenvalue weighted by Gasteiger charge is 2.15. The second-order valence-electron chi connectivity index (χ2n) is 4.72. The maximum absolute atomic E-state index is 13.6. The van der Waals surface area contributed by atoms with Crippen molar-refractivity contribution >= 4 is 0 Å². The van der Waals surface area contributed by atoms with E-state index in [4.69, 9.17) is 10.6 Å². The van der Waals surface area contributed by atoms with E-state index < -0.39 is 11.6 Å². The molecule has 0 fully saturated rings. The Labute approximate surface area is 122 Å². The third-order valence-electron chi connectivity index (χ3n) is 3.23. The van der Waals surface area contributed by atoms with Gasteiger partial charge in [-0.1, -0.05) is 24.3 Å². The Kier molecular flexibility index (Phi) is 5.66. The first kappa shape index (κ1) is 15.4. The highest BCUT2D eigenvalue weighted by Crippen LogP contribution is 2.15. The zero-order valence-corrected chi connectivity index (χ0v) is 11.6. The Morgan fingerprint density at radius 1 is 1.00 bits per heavy atom. The third kappa shape index (κ3) is 4.51. The lowest BCUT2D eigenvalue weighted by Crippen LogP contribution is -2.38. The lowest BCUT2D eigenvalue weighted by atomic mass is 10.0. The van der Waals surface area contributed by atoms with Crippen molar-refractivity contribution in [1.82, 2.24) is 5.43 Å².